The molecule has 1 aliphatic heterocycles. The van der Waals surface area contributed by atoms with Gasteiger partial charge >= 0.3 is 12.0 Å². The Morgan fingerprint density at radius 3 is 2.77 bits per heavy atom. The number of nitrogens with one attached hydrogen (secondary N) is 2. The molecule has 9 nitrogen and oxygen atoms in total. The Morgan fingerprint density at radius 2 is 2.00 bits per heavy atom. The summed E-state index contributed by atoms with van der Waals surface area (Å²) in [6, 6.07) is 6.37. The van der Waals surface area contributed by atoms with Crippen LogP contribution in [0.25, 0.3) is 0 Å². The molecule has 0 radical (unpaired) electrons. The lowest BCUT2D eigenvalue weighted by molar-refractivity contribution is -0.147. The number of ether oxygens (including phenoxy) is 2. The summed E-state index contributed by atoms with van der Waals surface area (Å²) in [5.41, 5.74) is 0.472. The Balaban J connectivity index is 1.51. The number of benzene rings is 1. The van der Waals surface area contributed by atoms with Gasteiger partial charge in [-0.25, -0.2) is 4.79 Å². The Hall–Kier alpha value is -3.10. The smallest absolute Gasteiger partial charge is 0.326 e. The first-order chi connectivity index (χ1) is 12.5. The van der Waals surface area contributed by atoms with Gasteiger partial charge in [0, 0.05) is 6.04 Å². The van der Waals surface area contributed by atoms with E-state index in [1.165, 1.54) is 4.90 Å². The summed E-state index contributed by atoms with van der Waals surface area (Å²) in [5.74, 6) is -1.27. The van der Waals surface area contributed by atoms with Crippen molar-refractivity contribution in [3.63, 3.8) is 0 Å². The molecular weight excluding hydrogens is 342 g/mol. The fraction of sp³-hybridized carbons (Fsp3) is 0.412. The van der Waals surface area contributed by atoms with Crippen LogP contribution in [0, 0.1) is 0 Å². The Bertz CT molecular complexity index is 731. The summed E-state index contributed by atoms with van der Waals surface area (Å²) in [7, 11) is 0. The average molecular weight is 361 g/mol. The lowest BCUT2D eigenvalue weighted by Crippen LogP contribution is -2.43. The van der Waals surface area contributed by atoms with Crippen molar-refractivity contribution in [1.82, 2.24) is 10.6 Å². The van der Waals surface area contributed by atoms with Crippen LogP contribution in [0.15, 0.2) is 24.3 Å². The highest BCUT2D eigenvalue weighted by molar-refractivity contribution is 6.00. The third-order valence-corrected chi connectivity index (χ3v) is 3.85. The molecular formula is C17H19N3O6. The molecule has 1 aromatic rings. The van der Waals surface area contributed by atoms with E-state index < -0.39 is 24.5 Å². The van der Waals surface area contributed by atoms with Crippen molar-refractivity contribution in [2.75, 3.05) is 24.7 Å². The maximum absolute atomic E-state index is 12.2. The van der Waals surface area contributed by atoms with Crippen molar-refractivity contribution in [2.24, 2.45) is 0 Å². The van der Waals surface area contributed by atoms with Crippen LogP contribution in [0.5, 0.6) is 5.75 Å². The third kappa shape index (κ3) is 4.71. The molecule has 0 unspecified atom stereocenters. The van der Waals surface area contributed by atoms with E-state index in [4.69, 9.17) is 9.47 Å². The molecule has 1 fully saturated rings. The van der Waals surface area contributed by atoms with Crippen LogP contribution < -0.4 is 20.3 Å². The minimum Gasteiger partial charge on any atom is -0.491 e. The molecule has 1 aromatic carbocycles. The molecule has 1 saturated carbocycles. The van der Waals surface area contributed by atoms with Crippen LogP contribution in [0.2, 0.25) is 0 Å². The highest BCUT2D eigenvalue weighted by atomic mass is 16.5. The van der Waals surface area contributed by atoms with Crippen LogP contribution in [-0.2, 0) is 19.1 Å². The molecule has 1 heterocycles. The van der Waals surface area contributed by atoms with Gasteiger partial charge in [0.25, 0.3) is 5.91 Å². The predicted molar refractivity (Wildman–Crippen MR) is 89.6 cm³/mol. The van der Waals surface area contributed by atoms with Crippen LogP contribution in [0.3, 0.4) is 0 Å². The van der Waals surface area contributed by atoms with Crippen molar-refractivity contribution in [2.45, 2.75) is 25.3 Å². The molecule has 138 valence electrons. The van der Waals surface area contributed by atoms with Gasteiger partial charge in [-0.05, 0) is 25.0 Å². The fourth-order valence-corrected chi connectivity index (χ4v) is 2.43. The molecule has 0 saturated heterocycles. The first kappa shape index (κ1) is 17.7. The summed E-state index contributed by atoms with van der Waals surface area (Å²) in [4.78, 5) is 48.5. The number of carbonyl (C=O) groups excluding carboxylic acids is 4. The molecule has 3 rings (SSSR count). The number of anilines is 1. The third-order valence-electron chi connectivity index (χ3n) is 3.85. The first-order valence-corrected chi connectivity index (χ1v) is 8.31. The number of hydrogen-bond acceptors (Lipinski definition) is 6. The second-order valence-corrected chi connectivity index (χ2v) is 6.00. The van der Waals surface area contributed by atoms with Crippen LogP contribution >= 0.6 is 0 Å². The van der Waals surface area contributed by atoms with E-state index >= 15 is 0 Å². The molecule has 2 aliphatic rings. The summed E-state index contributed by atoms with van der Waals surface area (Å²) in [6.07, 6.45) is 1.92. The minimum atomic E-state index is -0.757. The van der Waals surface area contributed by atoms with E-state index in [2.05, 4.69) is 10.6 Å². The molecule has 9 heteroatoms. The summed E-state index contributed by atoms with van der Waals surface area (Å²) >= 11 is 0. The number of nitrogens with zero attached hydrogens (tertiary/aromatic N) is 1. The average Bonchev–Trinajstić information content (AvgIpc) is 3.42. The van der Waals surface area contributed by atoms with E-state index in [9.17, 15) is 19.2 Å². The summed E-state index contributed by atoms with van der Waals surface area (Å²) < 4.78 is 10.4. The molecule has 4 amide bonds. The number of rotatable bonds is 5. The van der Waals surface area contributed by atoms with Gasteiger partial charge in [-0.3, -0.25) is 24.6 Å². The normalized spacial score (nSPS) is 16.0. The molecule has 0 aromatic heterocycles. The van der Waals surface area contributed by atoms with Crippen molar-refractivity contribution in [3.8, 4) is 5.75 Å². The molecule has 26 heavy (non-hydrogen) atoms. The van der Waals surface area contributed by atoms with E-state index in [1.54, 1.807) is 24.3 Å². The fourth-order valence-electron chi connectivity index (χ4n) is 2.43. The molecule has 2 N–H and O–H groups in total. The Morgan fingerprint density at radius 1 is 1.23 bits per heavy atom. The first-order valence-electron chi connectivity index (χ1n) is 8.31. The molecule has 0 spiro atoms. The van der Waals surface area contributed by atoms with Gasteiger partial charge in [0.05, 0.1) is 18.7 Å². The highest BCUT2D eigenvalue weighted by Crippen LogP contribution is 2.30. The van der Waals surface area contributed by atoms with Crippen molar-refractivity contribution >= 4 is 29.5 Å². The van der Waals surface area contributed by atoms with Crippen LogP contribution in [-0.4, -0.2) is 49.6 Å². The quantitative estimate of drug-likeness (QED) is 0.731. The number of imide groups is 1. The summed E-state index contributed by atoms with van der Waals surface area (Å²) in [6.45, 7) is -0.724. The van der Waals surface area contributed by atoms with Crippen LogP contribution in [0.4, 0.5) is 10.5 Å². The second-order valence-electron chi connectivity index (χ2n) is 6.00. The number of esters is 1. The van der Waals surface area contributed by atoms with E-state index in [-0.39, 0.29) is 31.5 Å². The molecule has 0 bridgehead atoms. The van der Waals surface area contributed by atoms with Gasteiger partial charge in [0.15, 0.2) is 6.61 Å². The molecule has 0 atom stereocenters. The van der Waals surface area contributed by atoms with Gasteiger partial charge in [0.1, 0.15) is 12.3 Å². The number of hydrogen-bond donors (Lipinski definition) is 2. The number of fused-ring (bicyclic) bond motifs is 1. The van der Waals surface area contributed by atoms with Gasteiger partial charge in [-0.1, -0.05) is 12.1 Å². The zero-order valence-electron chi connectivity index (χ0n) is 14.0. The van der Waals surface area contributed by atoms with Gasteiger partial charge in [-0.2, -0.15) is 0 Å². The monoisotopic (exact) mass is 361 g/mol. The van der Waals surface area contributed by atoms with Gasteiger partial charge < -0.3 is 14.8 Å². The zero-order chi connectivity index (χ0) is 18.5. The van der Waals surface area contributed by atoms with Gasteiger partial charge in [0.2, 0.25) is 5.91 Å². The Kier molecular flexibility index (Phi) is 5.35. The zero-order valence-corrected chi connectivity index (χ0v) is 14.0. The summed E-state index contributed by atoms with van der Waals surface area (Å²) in [5, 5.41) is 4.66. The molecule has 1 aliphatic carbocycles. The standard InChI is InChI=1S/C17H19N3O6/c21-14(19-17(24)18-11-5-6-11)10-26-16(23)9-20-12-3-1-2-4-13(12)25-8-7-15(20)22/h1-4,11H,5-10H2,(H2,18,19,21,24). The number of carbonyl (C=O) groups is 4. The van der Waals surface area contributed by atoms with Crippen molar-refractivity contribution in [3.05, 3.63) is 24.3 Å². The maximum atomic E-state index is 12.2. The topological polar surface area (TPSA) is 114 Å². The van der Waals surface area contributed by atoms with E-state index in [0.717, 1.165) is 12.8 Å². The second kappa shape index (κ2) is 7.85. The number of para-hydroxylation sites is 2. The van der Waals surface area contributed by atoms with E-state index in [1.807, 2.05) is 0 Å². The number of urea groups is 1. The maximum Gasteiger partial charge on any atom is 0.326 e. The lowest BCUT2D eigenvalue weighted by atomic mass is 10.2. The van der Waals surface area contributed by atoms with Gasteiger partial charge in [-0.15, -0.1) is 0 Å². The van der Waals surface area contributed by atoms with E-state index in [0.29, 0.717) is 11.4 Å². The SMILES string of the molecule is O=C(COC(=O)CN1C(=O)CCOc2ccccc21)NC(=O)NC1CC1. The predicted octanol–water partition coefficient (Wildman–Crippen LogP) is 0.333. The van der Waals surface area contributed by atoms with Crippen molar-refractivity contribution in [1.29, 1.82) is 0 Å². The highest BCUT2D eigenvalue weighted by Gasteiger charge is 2.26. The minimum absolute atomic E-state index is 0.113. The number of amides is 4. The largest absolute Gasteiger partial charge is 0.491 e. The lowest BCUT2D eigenvalue weighted by Gasteiger charge is -2.20. The van der Waals surface area contributed by atoms with Crippen LogP contribution in [0.1, 0.15) is 19.3 Å². The Labute approximate surface area is 149 Å². The van der Waals surface area contributed by atoms with Crippen molar-refractivity contribution < 1.29 is 28.7 Å².